The van der Waals surface area contributed by atoms with Gasteiger partial charge in [-0.3, -0.25) is 9.59 Å². The van der Waals surface area contributed by atoms with Crippen molar-refractivity contribution in [3.05, 3.63) is 0 Å². The molecule has 2 rings (SSSR count). The van der Waals surface area contributed by atoms with Crippen LogP contribution in [0.2, 0.25) is 0 Å². The van der Waals surface area contributed by atoms with Crippen molar-refractivity contribution in [3.63, 3.8) is 0 Å². The highest BCUT2D eigenvalue weighted by molar-refractivity contribution is 5.92. The Hall–Kier alpha value is -1.10. The van der Waals surface area contributed by atoms with Crippen molar-refractivity contribution >= 4 is 11.9 Å². The molecular formula is C10H17NO8. The van der Waals surface area contributed by atoms with Gasteiger partial charge in [0.1, 0.15) is 18.3 Å². The van der Waals surface area contributed by atoms with Crippen LogP contribution in [0, 0.1) is 0 Å². The van der Waals surface area contributed by atoms with Crippen LogP contribution in [0.15, 0.2) is 0 Å². The quantitative estimate of drug-likeness (QED) is 0.243. The lowest BCUT2D eigenvalue weighted by Crippen LogP contribution is -2.61. The summed E-state index contributed by atoms with van der Waals surface area (Å²) >= 11 is 0. The van der Waals surface area contributed by atoms with Gasteiger partial charge in [-0.15, -0.1) is 0 Å². The molecule has 5 atom stereocenters. The Balaban J connectivity index is 0.000000218. The maximum atomic E-state index is 10.0. The fourth-order valence-electron chi connectivity index (χ4n) is 1.55. The van der Waals surface area contributed by atoms with E-state index in [4.69, 9.17) is 20.7 Å². The fourth-order valence-corrected chi connectivity index (χ4v) is 1.55. The van der Waals surface area contributed by atoms with E-state index in [9.17, 15) is 19.8 Å². The van der Waals surface area contributed by atoms with Gasteiger partial charge in [0.25, 0.3) is 0 Å². The van der Waals surface area contributed by atoms with E-state index in [1.165, 1.54) is 0 Å². The second-order valence-electron chi connectivity index (χ2n) is 4.15. The van der Waals surface area contributed by atoms with Gasteiger partial charge < -0.3 is 35.6 Å². The molecule has 2 saturated heterocycles. The number of rotatable bonds is 1. The number of esters is 2. The van der Waals surface area contributed by atoms with E-state index in [0.29, 0.717) is 0 Å². The molecule has 0 saturated carbocycles. The molecule has 19 heavy (non-hydrogen) atoms. The number of nitrogens with two attached hydrogens (primary N) is 1. The number of hydrogen-bond donors (Lipinski definition) is 5. The zero-order chi connectivity index (χ0) is 14.6. The van der Waals surface area contributed by atoms with Crippen LogP contribution in [-0.4, -0.2) is 69.6 Å². The Morgan fingerprint density at radius 2 is 1.63 bits per heavy atom. The normalized spacial score (nSPS) is 38.5. The van der Waals surface area contributed by atoms with Crippen molar-refractivity contribution < 1.29 is 39.5 Å². The number of cyclic esters (lactones) is 2. The van der Waals surface area contributed by atoms with Crippen molar-refractivity contribution in [1.82, 2.24) is 0 Å². The highest BCUT2D eigenvalue weighted by atomic mass is 16.6. The molecule has 0 aromatic carbocycles. The lowest BCUT2D eigenvalue weighted by atomic mass is 9.98. The van der Waals surface area contributed by atoms with E-state index in [-0.39, 0.29) is 12.8 Å². The summed E-state index contributed by atoms with van der Waals surface area (Å²) in [6, 6.07) is -1.04. The maximum absolute atomic E-state index is 10.0. The predicted octanol–water partition coefficient (Wildman–Crippen LogP) is -3.40. The van der Waals surface area contributed by atoms with Crippen LogP contribution < -0.4 is 5.73 Å². The Bertz CT molecular complexity index is 317. The zero-order valence-electron chi connectivity index (χ0n) is 10.0. The van der Waals surface area contributed by atoms with E-state index in [2.05, 4.69) is 4.74 Å². The molecule has 0 radical (unpaired) electrons. The SMILES string of the molecule is N[C@H]1C(O)O[C@H](CO)[C@@H](O)[C@@H]1O.O=C1CCC(=O)O1. The first-order chi connectivity index (χ1) is 8.86. The van der Waals surface area contributed by atoms with Gasteiger partial charge in [0.05, 0.1) is 25.5 Å². The molecular weight excluding hydrogens is 262 g/mol. The summed E-state index contributed by atoms with van der Waals surface area (Å²) in [5.74, 6) is -0.796. The molecule has 2 heterocycles. The van der Waals surface area contributed by atoms with Crippen LogP contribution in [0.5, 0.6) is 0 Å². The summed E-state index contributed by atoms with van der Waals surface area (Å²) in [6.07, 6.45) is -4.33. The van der Waals surface area contributed by atoms with E-state index in [0.717, 1.165) is 0 Å². The lowest BCUT2D eigenvalue weighted by Gasteiger charge is -2.38. The monoisotopic (exact) mass is 279 g/mol. The van der Waals surface area contributed by atoms with Gasteiger partial charge in [-0.25, -0.2) is 0 Å². The van der Waals surface area contributed by atoms with Gasteiger partial charge in [-0.1, -0.05) is 0 Å². The molecule has 6 N–H and O–H groups in total. The highest BCUT2D eigenvalue weighted by Gasteiger charge is 2.41. The maximum Gasteiger partial charge on any atom is 0.314 e. The molecule has 1 unspecified atom stereocenters. The van der Waals surface area contributed by atoms with Crippen molar-refractivity contribution in [2.45, 2.75) is 43.5 Å². The Morgan fingerprint density at radius 3 is 2.00 bits per heavy atom. The van der Waals surface area contributed by atoms with Gasteiger partial charge in [0, 0.05) is 0 Å². The molecule has 2 aliphatic rings. The van der Waals surface area contributed by atoms with Crippen LogP contribution in [0.1, 0.15) is 12.8 Å². The van der Waals surface area contributed by atoms with Crippen molar-refractivity contribution in [3.8, 4) is 0 Å². The van der Waals surface area contributed by atoms with E-state index in [1.54, 1.807) is 0 Å². The van der Waals surface area contributed by atoms with E-state index >= 15 is 0 Å². The summed E-state index contributed by atoms with van der Waals surface area (Å²) in [5.41, 5.74) is 5.26. The predicted molar refractivity (Wildman–Crippen MR) is 58.3 cm³/mol. The average Bonchev–Trinajstić information content (AvgIpc) is 2.76. The number of aliphatic hydroxyl groups excluding tert-OH is 4. The van der Waals surface area contributed by atoms with E-state index in [1.807, 2.05) is 0 Å². The lowest BCUT2D eigenvalue weighted by molar-refractivity contribution is -0.248. The molecule has 9 heteroatoms. The topological polar surface area (TPSA) is 160 Å². The van der Waals surface area contributed by atoms with Crippen molar-refractivity contribution in [2.24, 2.45) is 5.73 Å². The molecule has 110 valence electrons. The molecule has 0 aromatic rings. The van der Waals surface area contributed by atoms with Crippen LogP contribution in [-0.2, 0) is 19.1 Å². The second-order valence-corrected chi connectivity index (χ2v) is 4.15. The number of carbonyl (C=O) groups is 2. The van der Waals surface area contributed by atoms with Crippen molar-refractivity contribution in [1.29, 1.82) is 0 Å². The van der Waals surface area contributed by atoms with Crippen LogP contribution >= 0.6 is 0 Å². The number of aliphatic hydroxyl groups is 4. The molecule has 0 spiro atoms. The molecule has 0 aromatic heterocycles. The summed E-state index contributed by atoms with van der Waals surface area (Å²) < 4.78 is 8.78. The van der Waals surface area contributed by atoms with Gasteiger partial charge in [0.2, 0.25) is 0 Å². The first-order valence-electron chi connectivity index (χ1n) is 5.66. The number of carbonyl (C=O) groups excluding carboxylic acids is 2. The smallest absolute Gasteiger partial charge is 0.314 e. The molecule has 9 nitrogen and oxygen atoms in total. The summed E-state index contributed by atoms with van der Waals surface area (Å²) in [4.78, 5) is 20.0. The molecule has 0 bridgehead atoms. The Kier molecular flexibility index (Phi) is 5.79. The summed E-state index contributed by atoms with van der Waals surface area (Å²) in [6.45, 7) is -0.470. The molecule has 0 aliphatic carbocycles. The third kappa shape index (κ3) is 4.20. The van der Waals surface area contributed by atoms with Crippen LogP contribution in [0.25, 0.3) is 0 Å². The third-order valence-electron chi connectivity index (χ3n) is 2.71. The molecule has 2 aliphatic heterocycles. The first kappa shape index (κ1) is 16.0. The Labute approximate surface area is 108 Å². The highest BCUT2D eigenvalue weighted by Crippen LogP contribution is 2.17. The van der Waals surface area contributed by atoms with Gasteiger partial charge in [-0.2, -0.15) is 0 Å². The second kappa shape index (κ2) is 6.89. The molecule has 0 amide bonds. The van der Waals surface area contributed by atoms with Crippen LogP contribution in [0.3, 0.4) is 0 Å². The largest absolute Gasteiger partial charge is 0.394 e. The first-order valence-corrected chi connectivity index (χ1v) is 5.66. The average molecular weight is 279 g/mol. The van der Waals surface area contributed by atoms with Gasteiger partial charge in [-0.05, 0) is 0 Å². The molecule has 2 fully saturated rings. The summed E-state index contributed by atoms with van der Waals surface area (Å²) in [7, 11) is 0. The standard InChI is InChI=1S/C6H13NO5.C4H4O3/c7-3-5(10)4(9)2(1-8)12-6(3)11;5-3-1-2-4(6)7-3/h2-6,8-11H,1,7H2;1-2H2/t2-,3-,4-,5-,6?;/m1./s1. The Morgan fingerprint density at radius 1 is 1.11 bits per heavy atom. The summed E-state index contributed by atoms with van der Waals surface area (Å²) in [5, 5.41) is 36.1. The van der Waals surface area contributed by atoms with E-state index < -0.39 is 49.2 Å². The zero-order valence-corrected chi connectivity index (χ0v) is 10.0. The minimum atomic E-state index is -1.35. The van der Waals surface area contributed by atoms with Gasteiger partial charge >= 0.3 is 11.9 Å². The third-order valence-corrected chi connectivity index (χ3v) is 2.71. The fraction of sp³-hybridized carbons (Fsp3) is 0.800. The van der Waals surface area contributed by atoms with Crippen LogP contribution in [0.4, 0.5) is 0 Å². The number of hydrogen-bond acceptors (Lipinski definition) is 9. The minimum Gasteiger partial charge on any atom is -0.394 e. The number of ether oxygens (including phenoxy) is 2. The minimum absolute atomic E-state index is 0.263. The van der Waals surface area contributed by atoms with Gasteiger partial charge in [0.15, 0.2) is 6.29 Å². The van der Waals surface area contributed by atoms with Crippen molar-refractivity contribution in [2.75, 3.05) is 6.61 Å².